The van der Waals surface area contributed by atoms with E-state index in [2.05, 4.69) is 6.92 Å². The van der Waals surface area contributed by atoms with Crippen LogP contribution in [0.3, 0.4) is 0 Å². The average Bonchev–Trinajstić information content (AvgIpc) is 2.37. The van der Waals surface area contributed by atoms with Gasteiger partial charge in [-0.05, 0) is 42.9 Å². The number of nitrogens with two attached hydrogens (primary N) is 1. The third-order valence-electron chi connectivity index (χ3n) is 4.08. The molecule has 0 spiro atoms. The molecule has 0 aliphatic heterocycles. The Morgan fingerprint density at radius 2 is 2.00 bits per heavy atom. The van der Waals surface area contributed by atoms with Crippen LogP contribution in [0.2, 0.25) is 0 Å². The minimum atomic E-state index is 0.322. The molecule has 1 aliphatic carbocycles. The maximum atomic E-state index is 12.1. The van der Waals surface area contributed by atoms with E-state index < -0.39 is 0 Å². The van der Waals surface area contributed by atoms with E-state index in [0.717, 1.165) is 30.9 Å². The minimum Gasteiger partial charge on any atom is -0.399 e. The summed E-state index contributed by atoms with van der Waals surface area (Å²) in [4.78, 5) is 12.1. The lowest BCUT2D eigenvalue weighted by atomic mass is 9.80. The third-order valence-corrected chi connectivity index (χ3v) is 4.08. The largest absolute Gasteiger partial charge is 0.399 e. The van der Waals surface area contributed by atoms with Gasteiger partial charge in [0, 0.05) is 18.0 Å². The van der Waals surface area contributed by atoms with Crippen LogP contribution in [0.1, 0.15) is 44.6 Å². The van der Waals surface area contributed by atoms with Gasteiger partial charge >= 0.3 is 0 Å². The molecule has 1 aromatic carbocycles. The van der Waals surface area contributed by atoms with Crippen LogP contribution in [0.4, 0.5) is 5.69 Å². The Morgan fingerprint density at radius 3 is 2.67 bits per heavy atom. The number of hydrogen-bond donors (Lipinski definition) is 1. The first-order valence-corrected chi connectivity index (χ1v) is 7.02. The van der Waals surface area contributed by atoms with E-state index in [-0.39, 0.29) is 0 Å². The van der Waals surface area contributed by atoms with Gasteiger partial charge in [-0.3, -0.25) is 4.79 Å². The van der Waals surface area contributed by atoms with Crippen molar-refractivity contribution in [1.29, 1.82) is 0 Å². The van der Waals surface area contributed by atoms with Crippen molar-refractivity contribution < 1.29 is 4.79 Å². The first-order valence-electron chi connectivity index (χ1n) is 7.02. The molecule has 2 nitrogen and oxygen atoms in total. The molecule has 1 aliphatic rings. The summed E-state index contributed by atoms with van der Waals surface area (Å²) in [5, 5.41) is 0. The van der Waals surface area contributed by atoms with Crippen molar-refractivity contribution in [2.45, 2.75) is 45.4 Å². The molecular weight excluding hydrogens is 222 g/mol. The Hall–Kier alpha value is -1.31. The van der Waals surface area contributed by atoms with Crippen LogP contribution in [-0.4, -0.2) is 5.78 Å². The van der Waals surface area contributed by atoms with Crippen molar-refractivity contribution >= 4 is 11.5 Å². The standard InChI is InChI=1S/C16H23NO/c1-12-5-8-14(9-6-12)16(18)10-7-13-3-2-4-15(17)11-13/h2-4,11-12,14H,5-10,17H2,1H3. The maximum Gasteiger partial charge on any atom is 0.136 e. The van der Waals surface area contributed by atoms with E-state index in [1.807, 2.05) is 24.3 Å². The van der Waals surface area contributed by atoms with Gasteiger partial charge in [0.25, 0.3) is 0 Å². The zero-order chi connectivity index (χ0) is 13.0. The van der Waals surface area contributed by atoms with E-state index in [1.165, 1.54) is 18.4 Å². The molecule has 2 rings (SSSR count). The number of ketones is 1. The van der Waals surface area contributed by atoms with Crippen LogP contribution >= 0.6 is 0 Å². The summed E-state index contributed by atoms with van der Waals surface area (Å²) >= 11 is 0. The van der Waals surface area contributed by atoms with Gasteiger partial charge in [0.05, 0.1) is 0 Å². The van der Waals surface area contributed by atoms with Gasteiger partial charge in [-0.25, -0.2) is 0 Å². The molecule has 18 heavy (non-hydrogen) atoms. The molecule has 1 saturated carbocycles. The second-order valence-electron chi connectivity index (χ2n) is 5.67. The van der Waals surface area contributed by atoms with Gasteiger partial charge in [0.2, 0.25) is 0 Å². The van der Waals surface area contributed by atoms with E-state index in [4.69, 9.17) is 5.73 Å². The zero-order valence-electron chi connectivity index (χ0n) is 11.2. The Balaban J connectivity index is 1.81. The minimum absolute atomic E-state index is 0.322. The van der Waals surface area contributed by atoms with Crippen LogP contribution in [0, 0.1) is 11.8 Å². The number of anilines is 1. The number of aryl methyl sites for hydroxylation is 1. The van der Waals surface area contributed by atoms with Gasteiger partial charge in [-0.2, -0.15) is 0 Å². The number of Topliss-reactive ketones (excluding diaryl/α,β-unsaturated/α-hetero) is 1. The van der Waals surface area contributed by atoms with E-state index in [0.29, 0.717) is 18.1 Å². The van der Waals surface area contributed by atoms with Crippen LogP contribution in [0.25, 0.3) is 0 Å². The Labute approximate surface area is 110 Å². The molecule has 98 valence electrons. The van der Waals surface area contributed by atoms with Crippen molar-refractivity contribution in [3.8, 4) is 0 Å². The lowest BCUT2D eigenvalue weighted by molar-refractivity contribution is -0.124. The second-order valence-corrected chi connectivity index (χ2v) is 5.67. The molecule has 0 atom stereocenters. The fraction of sp³-hybridized carbons (Fsp3) is 0.562. The number of nitrogen functional groups attached to an aromatic ring is 1. The Bertz CT molecular complexity index is 405. The normalized spacial score (nSPS) is 23.8. The highest BCUT2D eigenvalue weighted by molar-refractivity contribution is 5.81. The van der Waals surface area contributed by atoms with Gasteiger partial charge in [0.15, 0.2) is 0 Å². The quantitative estimate of drug-likeness (QED) is 0.824. The lowest BCUT2D eigenvalue weighted by Gasteiger charge is -2.25. The molecule has 2 heteroatoms. The molecule has 0 bridgehead atoms. The molecule has 1 fully saturated rings. The van der Waals surface area contributed by atoms with Crippen LogP contribution in [-0.2, 0) is 11.2 Å². The van der Waals surface area contributed by atoms with Crippen LogP contribution in [0.5, 0.6) is 0 Å². The molecular formula is C16H23NO. The average molecular weight is 245 g/mol. The number of carbonyl (C=O) groups is 1. The molecule has 0 saturated heterocycles. The Morgan fingerprint density at radius 1 is 1.28 bits per heavy atom. The summed E-state index contributed by atoms with van der Waals surface area (Å²) in [6.45, 7) is 2.29. The lowest BCUT2D eigenvalue weighted by Crippen LogP contribution is -2.21. The predicted molar refractivity (Wildman–Crippen MR) is 75.3 cm³/mol. The Kier molecular flexibility index (Phi) is 4.40. The zero-order valence-corrected chi connectivity index (χ0v) is 11.2. The van der Waals surface area contributed by atoms with Crippen molar-refractivity contribution in [2.75, 3.05) is 5.73 Å². The number of hydrogen-bond acceptors (Lipinski definition) is 2. The van der Waals surface area contributed by atoms with E-state index in [1.54, 1.807) is 0 Å². The van der Waals surface area contributed by atoms with Crippen molar-refractivity contribution in [3.63, 3.8) is 0 Å². The van der Waals surface area contributed by atoms with Crippen LogP contribution < -0.4 is 5.73 Å². The number of benzene rings is 1. The molecule has 0 amide bonds. The van der Waals surface area contributed by atoms with Crippen molar-refractivity contribution in [3.05, 3.63) is 29.8 Å². The molecule has 2 N–H and O–H groups in total. The topological polar surface area (TPSA) is 43.1 Å². The summed E-state index contributed by atoms with van der Waals surface area (Å²) in [5.41, 5.74) is 7.70. The fourth-order valence-corrected chi connectivity index (χ4v) is 2.80. The first-order chi connectivity index (χ1) is 8.65. The van der Waals surface area contributed by atoms with E-state index in [9.17, 15) is 4.79 Å². The van der Waals surface area contributed by atoms with Crippen molar-refractivity contribution in [2.24, 2.45) is 11.8 Å². The maximum absolute atomic E-state index is 12.1. The van der Waals surface area contributed by atoms with Gasteiger partial charge < -0.3 is 5.73 Å². The second kappa shape index (κ2) is 6.03. The van der Waals surface area contributed by atoms with Crippen LogP contribution in [0.15, 0.2) is 24.3 Å². The summed E-state index contributed by atoms with van der Waals surface area (Å²) in [6, 6.07) is 7.86. The van der Waals surface area contributed by atoms with E-state index >= 15 is 0 Å². The summed E-state index contributed by atoms with van der Waals surface area (Å²) in [7, 11) is 0. The summed E-state index contributed by atoms with van der Waals surface area (Å²) in [5.74, 6) is 1.58. The summed E-state index contributed by atoms with van der Waals surface area (Å²) in [6.07, 6.45) is 6.12. The predicted octanol–water partition coefficient (Wildman–Crippen LogP) is 3.60. The summed E-state index contributed by atoms with van der Waals surface area (Å²) < 4.78 is 0. The SMILES string of the molecule is CC1CCC(C(=O)CCc2cccc(N)c2)CC1. The molecule has 0 aromatic heterocycles. The monoisotopic (exact) mass is 245 g/mol. The van der Waals surface area contributed by atoms with Gasteiger partial charge in [0.1, 0.15) is 5.78 Å². The molecule has 1 aromatic rings. The highest BCUT2D eigenvalue weighted by Gasteiger charge is 2.23. The first kappa shape index (κ1) is 13.1. The highest BCUT2D eigenvalue weighted by Crippen LogP contribution is 2.29. The molecule has 0 unspecified atom stereocenters. The highest BCUT2D eigenvalue weighted by atomic mass is 16.1. The van der Waals surface area contributed by atoms with Gasteiger partial charge in [-0.1, -0.05) is 31.9 Å². The number of carbonyl (C=O) groups excluding carboxylic acids is 1. The number of rotatable bonds is 4. The molecule has 0 radical (unpaired) electrons. The fourth-order valence-electron chi connectivity index (χ4n) is 2.80. The smallest absolute Gasteiger partial charge is 0.136 e. The van der Waals surface area contributed by atoms with Gasteiger partial charge in [-0.15, -0.1) is 0 Å². The van der Waals surface area contributed by atoms with Crippen molar-refractivity contribution in [1.82, 2.24) is 0 Å². The molecule has 0 heterocycles. The third kappa shape index (κ3) is 3.59.